The first-order chi connectivity index (χ1) is 8.73. The third-order valence-electron chi connectivity index (χ3n) is 3.14. The Balaban J connectivity index is 2.98. The molecule has 0 saturated carbocycles. The van der Waals surface area contributed by atoms with Crippen LogP contribution in [0.4, 0.5) is 0 Å². The van der Waals surface area contributed by atoms with Crippen molar-refractivity contribution < 1.29 is 14.6 Å². The molecule has 4 heteroatoms. The first-order valence-electron chi connectivity index (χ1n) is 6.15. The van der Waals surface area contributed by atoms with Crippen LogP contribution in [0.15, 0.2) is 18.2 Å². The average Bonchev–Trinajstić information content (AvgIpc) is 2.37. The molecule has 0 unspecified atom stereocenters. The lowest BCUT2D eigenvalue weighted by Gasteiger charge is -2.32. The molecule has 0 radical (unpaired) electrons. The van der Waals surface area contributed by atoms with E-state index in [-0.39, 0.29) is 11.3 Å². The van der Waals surface area contributed by atoms with Crippen molar-refractivity contribution in [3.05, 3.63) is 29.3 Å². The molecular formula is C15H21NO3. The van der Waals surface area contributed by atoms with E-state index in [1.807, 2.05) is 33.8 Å². The second-order valence-electron chi connectivity index (χ2n) is 5.58. The van der Waals surface area contributed by atoms with Gasteiger partial charge in [-0.3, -0.25) is 0 Å². The highest BCUT2D eigenvalue weighted by atomic mass is 16.5. The minimum Gasteiger partial charge on any atom is -0.506 e. The van der Waals surface area contributed by atoms with Crippen LogP contribution >= 0.6 is 0 Å². The van der Waals surface area contributed by atoms with Crippen LogP contribution in [0.25, 0.3) is 0 Å². The van der Waals surface area contributed by atoms with Gasteiger partial charge in [-0.05, 0) is 33.8 Å². The summed E-state index contributed by atoms with van der Waals surface area (Å²) in [6.07, 6.45) is 0. The summed E-state index contributed by atoms with van der Waals surface area (Å²) in [7, 11) is 1.63. The fraction of sp³-hybridized carbons (Fsp3) is 0.533. The van der Waals surface area contributed by atoms with Gasteiger partial charge < -0.3 is 14.6 Å². The number of para-hydroxylation sites is 1. The number of hydrogen-bond donors (Lipinski definition) is 1. The zero-order valence-corrected chi connectivity index (χ0v) is 12.2. The summed E-state index contributed by atoms with van der Waals surface area (Å²) in [5.74, 6) is -0.0229. The van der Waals surface area contributed by atoms with Gasteiger partial charge in [0.15, 0.2) is 0 Å². The fourth-order valence-corrected chi connectivity index (χ4v) is 1.61. The first-order valence-corrected chi connectivity index (χ1v) is 6.15. The van der Waals surface area contributed by atoms with Gasteiger partial charge in [-0.1, -0.05) is 12.1 Å². The minimum atomic E-state index is -0.702. The van der Waals surface area contributed by atoms with E-state index in [0.29, 0.717) is 12.2 Å². The summed E-state index contributed by atoms with van der Waals surface area (Å²) in [5, 5.41) is 19.0. The van der Waals surface area contributed by atoms with Crippen molar-refractivity contribution in [2.24, 2.45) is 0 Å². The summed E-state index contributed by atoms with van der Waals surface area (Å²) in [6, 6.07) is 7.03. The molecule has 1 N–H and O–H groups in total. The van der Waals surface area contributed by atoms with E-state index in [1.54, 1.807) is 25.3 Å². The number of rotatable bonds is 5. The van der Waals surface area contributed by atoms with Crippen LogP contribution in [0.2, 0.25) is 0 Å². The predicted octanol–water partition coefficient (Wildman–Crippen LogP) is 2.94. The second kappa shape index (κ2) is 5.60. The zero-order valence-electron chi connectivity index (χ0n) is 12.2. The molecule has 0 bridgehead atoms. The van der Waals surface area contributed by atoms with Gasteiger partial charge in [0.2, 0.25) is 0 Å². The van der Waals surface area contributed by atoms with E-state index in [9.17, 15) is 5.11 Å². The molecule has 4 nitrogen and oxygen atoms in total. The summed E-state index contributed by atoms with van der Waals surface area (Å²) in [5.41, 5.74) is -0.259. The highest BCUT2D eigenvalue weighted by Gasteiger charge is 2.29. The third kappa shape index (κ3) is 3.69. The molecule has 19 heavy (non-hydrogen) atoms. The van der Waals surface area contributed by atoms with Crippen LogP contribution in [-0.4, -0.2) is 24.4 Å². The Labute approximate surface area is 114 Å². The van der Waals surface area contributed by atoms with Crippen molar-refractivity contribution in [1.29, 1.82) is 5.26 Å². The average molecular weight is 263 g/mol. The molecule has 0 saturated heterocycles. The molecule has 0 heterocycles. The fourth-order valence-electron chi connectivity index (χ4n) is 1.61. The number of aromatic hydroxyl groups is 1. The highest BCUT2D eigenvalue weighted by Crippen LogP contribution is 2.34. The van der Waals surface area contributed by atoms with Gasteiger partial charge in [0.25, 0.3) is 0 Å². The molecule has 0 aliphatic carbocycles. The number of benzene rings is 1. The lowest BCUT2D eigenvalue weighted by molar-refractivity contribution is -0.110. The number of phenols is 1. The Bertz CT molecular complexity index is 487. The van der Waals surface area contributed by atoms with Crippen molar-refractivity contribution in [3.63, 3.8) is 0 Å². The van der Waals surface area contributed by atoms with E-state index in [2.05, 4.69) is 0 Å². The van der Waals surface area contributed by atoms with Gasteiger partial charge in [-0.2, -0.15) is 5.26 Å². The second-order valence-corrected chi connectivity index (χ2v) is 5.58. The lowest BCUT2D eigenvalue weighted by atomic mass is 9.94. The number of nitriles is 1. The van der Waals surface area contributed by atoms with Gasteiger partial charge >= 0.3 is 0 Å². The number of nitrogens with zero attached hydrogens (tertiary/aromatic N) is 1. The Hall–Kier alpha value is -1.57. The van der Waals surface area contributed by atoms with Gasteiger partial charge in [0.1, 0.15) is 11.8 Å². The van der Waals surface area contributed by atoms with Crippen molar-refractivity contribution in [2.75, 3.05) is 13.7 Å². The summed E-state index contributed by atoms with van der Waals surface area (Å²) < 4.78 is 11.2. The molecule has 1 aromatic carbocycles. The molecule has 104 valence electrons. The van der Waals surface area contributed by atoms with Crippen molar-refractivity contribution in [3.8, 4) is 11.8 Å². The van der Waals surface area contributed by atoms with E-state index in [1.165, 1.54) is 0 Å². The van der Waals surface area contributed by atoms with Crippen LogP contribution < -0.4 is 0 Å². The van der Waals surface area contributed by atoms with Crippen LogP contribution in [-0.2, 0) is 15.1 Å². The third-order valence-corrected chi connectivity index (χ3v) is 3.14. The van der Waals surface area contributed by atoms with Gasteiger partial charge in [-0.15, -0.1) is 0 Å². The Kier molecular flexibility index (Phi) is 4.56. The van der Waals surface area contributed by atoms with Crippen LogP contribution in [0, 0.1) is 11.3 Å². The summed E-state index contributed by atoms with van der Waals surface area (Å²) in [4.78, 5) is 0. The molecule has 0 amide bonds. The van der Waals surface area contributed by atoms with Crippen molar-refractivity contribution in [1.82, 2.24) is 0 Å². The van der Waals surface area contributed by atoms with Crippen LogP contribution in [0.1, 0.15) is 38.8 Å². The Morgan fingerprint density at radius 1 is 1.26 bits per heavy atom. The first kappa shape index (κ1) is 15.5. The Morgan fingerprint density at radius 3 is 2.42 bits per heavy atom. The van der Waals surface area contributed by atoms with Crippen molar-refractivity contribution >= 4 is 0 Å². The summed E-state index contributed by atoms with van der Waals surface area (Å²) >= 11 is 0. The maximum atomic E-state index is 10.1. The van der Waals surface area contributed by atoms with Crippen molar-refractivity contribution in [2.45, 2.75) is 38.9 Å². The molecule has 0 aromatic heterocycles. The normalized spacial score (nSPS) is 12.2. The quantitative estimate of drug-likeness (QED) is 0.887. The molecule has 1 rings (SSSR count). The number of methoxy groups -OCH3 is 1. The molecule has 0 spiro atoms. The molecule has 1 aromatic rings. The Morgan fingerprint density at radius 2 is 1.89 bits per heavy atom. The summed E-state index contributed by atoms with van der Waals surface area (Å²) in [6.45, 7) is 7.94. The standard InChI is InChI=1S/C15H21NO3/c1-14(2,18-5)10-19-15(3,4)12-8-6-7-11(9-16)13(12)17/h6-8,17H,10H2,1-5H3. The largest absolute Gasteiger partial charge is 0.506 e. The molecule has 0 fully saturated rings. The van der Waals surface area contributed by atoms with Crippen LogP contribution in [0.5, 0.6) is 5.75 Å². The zero-order chi connectivity index (χ0) is 14.7. The lowest BCUT2D eigenvalue weighted by Crippen LogP contribution is -2.34. The number of hydrogen-bond acceptors (Lipinski definition) is 4. The topological polar surface area (TPSA) is 62.5 Å². The van der Waals surface area contributed by atoms with Crippen LogP contribution in [0.3, 0.4) is 0 Å². The van der Waals surface area contributed by atoms with E-state index >= 15 is 0 Å². The maximum absolute atomic E-state index is 10.1. The number of ether oxygens (including phenoxy) is 2. The van der Waals surface area contributed by atoms with E-state index < -0.39 is 11.2 Å². The predicted molar refractivity (Wildman–Crippen MR) is 72.9 cm³/mol. The monoisotopic (exact) mass is 263 g/mol. The van der Waals surface area contributed by atoms with E-state index in [0.717, 1.165) is 0 Å². The smallest absolute Gasteiger partial charge is 0.139 e. The molecular weight excluding hydrogens is 242 g/mol. The van der Waals surface area contributed by atoms with E-state index in [4.69, 9.17) is 14.7 Å². The molecule has 0 aliphatic heterocycles. The van der Waals surface area contributed by atoms with Gasteiger partial charge in [0.05, 0.1) is 23.4 Å². The van der Waals surface area contributed by atoms with Gasteiger partial charge in [0, 0.05) is 12.7 Å². The molecule has 0 aliphatic rings. The molecule has 0 atom stereocenters. The highest BCUT2D eigenvalue weighted by molar-refractivity contribution is 5.49. The SMILES string of the molecule is COC(C)(C)COC(C)(C)c1cccc(C#N)c1O. The van der Waals surface area contributed by atoms with Gasteiger partial charge in [-0.25, -0.2) is 0 Å². The maximum Gasteiger partial charge on any atom is 0.139 e. The minimum absolute atomic E-state index is 0.0229. The number of phenolic OH excluding ortho intramolecular Hbond substituents is 1.